The molecule has 3 atom stereocenters. The number of urea groups is 1. The first kappa shape index (κ1) is 23.9. The lowest BCUT2D eigenvalue weighted by Gasteiger charge is -2.24. The van der Waals surface area contributed by atoms with Gasteiger partial charge in [0.25, 0.3) is 0 Å². The molecule has 2 amide bonds. The van der Waals surface area contributed by atoms with Crippen LogP contribution < -0.4 is 10.1 Å². The molecule has 10 nitrogen and oxygen atoms in total. The van der Waals surface area contributed by atoms with Gasteiger partial charge < -0.3 is 24.4 Å². The number of morpholine rings is 1. The first-order chi connectivity index (χ1) is 18.6. The van der Waals surface area contributed by atoms with E-state index in [1.54, 1.807) is 0 Å². The number of benzene rings is 1. The van der Waals surface area contributed by atoms with Gasteiger partial charge in [0.2, 0.25) is 0 Å². The molecule has 4 aliphatic rings. The van der Waals surface area contributed by atoms with Crippen LogP contribution in [-0.2, 0) is 21.4 Å². The third-order valence-corrected chi connectivity index (χ3v) is 8.42. The Morgan fingerprint density at radius 2 is 2.03 bits per heavy atom. The zero-order chi connectivity index (χ0) is 25.7. The highest BCUT2D eigenvalue weighted by Gasteiger charge is 2.47. The molecule has 0 radical (unpaired) electrons. The predicted octanol–water partition coefficient (Wildman–Crippen LogP) is 2.61. The van der Waals surface area contributed by atoms with E-state index >= 15 is 0 Å². The number of carbonyl (C=O) groups is 1. The number of aromatic nitrogens is 3. The fourth-order valence-electron chi connectivity index (χ4n) is 6.25. The first-order valence-electron chi connectivity index (χ1n) is 13.7. The summed E-state index contributed by atoms with van der Waals surface area (Å²) in [5.74, 6) is 0.815. The number of amides is 2. The molecule has 10 heteroatoms. The SMILES string of the molecule is CCNC(=O)N1CCC2(CCn3nc(-c4cnc5ccc(OCC6OC6N6CCOCC6)cc5c4)cc32)C1. The van der Waals surface area contributed by atoms with Gasteiger partial charge in [-0.1, -0.05) is 0 Å². The van der Waals surface area contributed by atoms with E-state index in [0.29, 0.717) is 13.2 Å². The summed E-state index contributed by atoms with van der Waals surface area (Å²) in [5, 5.41) is 8.89. The van der Waals surface area contributed by atoms with Crippen molar-refractivity contribution in [3.05, 3.63) is 42.2 Å². The second-order valence-electron chi connectivity index (χ2n) is 10.8. The van der Waals surface area contributed by atoms with Crippen molar-refractivity contribution in [2.75, 3.05) is 52.5 Å². The second-order valence-corrected chi connectivity index (χ2v) is 10.8. The van der Waals surface area contributed by atoms with Crippen molar-refractivity contribution < 1.29 is 19.0 Å². The van der Waals surface area contributed by atoms with Crippen LogP contribution in [0.4, 0.5) is 4.79 Å². The molecule has 0 aliphatic carbocycles. The number of carbonyl (C=O) groups excluding carboxylic acids is 1. The average molecular weight is 519 g/mol. The molecule has 0 bridgehead atoms. The number of likely N-dealkylation sites (tertiary alicyclic amines) is 1. The molecule has 0 saturated carbocycles. The fraction of sp³-hybridized carbons (Fsp3) is 0.536. The van der Waals surface area contributed by atoms with Crippen LogP contribution in [0.1, 0.15) is 25.5 Å². The molecule has 200 valence electrons. The molecule has 1 aromatic carbocycles. The van der Waals surface area contributed by atoms with Crippen LogP contribution in [0.25, 0.3) is 22.2 Å². The number of hydrogen-bond acceptors (Lipinski definition) is 7. The summed E-state index contributed by atoms with van der Waals surface area (Å²) >= 11 is 0. The normalized spacial score (nSPS) is 26.7. The van der Waals surface area contributed by atoms with Crippen LogP contribution in [0.5, 0.6) is 5.75 Å². The lowest BCUT2D eigenvalue weighted by atomic mass is 9.82. The Bertz CT molecular complexity index is 1350. The maximum atomic E-state index is 12.4. The number of epoxide rings is 1. The van der Waals surface area contributed by atoms with Crippen LogP contribution in [0.15, 0.2) is 36.5 Å². The number of rotatable bonds is 6. The van der Waals surface area contributed by atoms with E-state index in [1.165, 1.54) is 5.69 Å². The van der Waals surface area contributed by atoms with E-state index < -0.39 is 0 Å². The number of nitrogens with zero attached hydrogens (tertiary/aromatic N) is 5. The van der Waals surface area contributed by atoms with Gasteiger partial charge in [-0.15, -0.1) is 0 Å². The molecule has 4 aliphatic heterocycles. The number of hydrogen-bond donors (Lipinski definition) is 1. The summed E-state index contributed by atoms with van der Waals surface area (Å²) in [4.78, 5) is 21.4. The third kappa shape index (κ3) is 4.30. The summed E-state index contributed by atoms with van der Waals surface area (Å²) in [7, 11) is 0. The first-order valence-corrected chi connectivity index (χ1v) is 13.7. The Morgan fingerprint density at radius 3 is 2.89 bits per heavy atom. The molecular weight excluding hydrogens is 484 g/mol. The number of pyridine rings is 1. The van der Waals surface area contributed by atoms with Crippen LogP contribution in [0.3, 0.4) is 0 Å². The summed E-state index contributed by atoms with van der Waals surface area (Å²) in [6.45, 7) is 8.91. The standard InChI is InChI=1S/C28H34N6O4/c1-2-29-27(35)33-7-5-28(18-33)6-8-34-25(28)15-23(31-34)20-13-19-14-21(3-4-22(19)30-16-20)37-17-24-26(38-24)32-9-11-36-12-10-32/h3-4,13-16,24,26H,2,5-12,17-18H2,1H3,(H,29,35). The van der Waals surface area contributed by atoms with Crippen LogP contribution in [-0.4, -0.2) is 95.5 Å². The smallest absolute Gasteiger partial charge is 0.317 e. The number of nitrogens with one attached hydrogen (secondary N) is 1. The van der Waals surface area contributed by atoms with Gasteiger partial charge in [-0.05, 0) is 50.1 Å². The maximum absolute atomic E-state index is 12.4. The van der Waals surface area contributed by atoms with E-state index in [1.807, 2.05) is 36.2 Å². The lowest BCUT2D eigenvalue weighted by molar-refractivity contribution is 0.0161. The Kier molecular flexibility index (Phi) is 5.98. The zero-order valence-electron chi connectivity index (χ0n) is 21.8. The Hall–Kier alpha value is -3.21. The van der Waals surface area contributed by atoms with Crippen molar-refractivity contribution in [2.45, 2.75) is 44.1 Å². The van der Waals surface area contributed by atoms with Gasteiger partial charge >= 0.3 is 6.03 Å². The van der Waals surface area contributed by atoms with Crippen LogP contribution >= 0.6 is 0 Å². The van der Waals surface area contributed by atoms with Crippen LogP contribution in [0.2, 0.25) is 0 Å². The Morgan fingerprint density at radius 1 is 1.16 bits per heavy atom. The van der Waals surface area contributed by atoms with Gasteiger partial charge in [0, 0.05) is 67.5 Å². The highest BCUT2D eigenvalue weighted by atomic mass is 16.6. The number of ether oxygens (including phenoxy) is 3. The van der Waals surface area contributed by atoms with E-state index in [0.717, 1.165) is 86.7 Å². The van der Waals surface area contributed by atoms with Crippen LogP contribution in [0, 0.1) is 0 Å². The molecular formula is C28H34N6O4. The molecule has 38 heavy (non-hydrogen) atoms. The predicted molar refractivity (Wildman–Crippen MR) is 141 cm³/mol. The molecule has 3 aromatic rings. The minimum atomic E-state index is -0.00835. The number of aryl methyl sites for hydroxylation is 1. The lowest BCUT2D eigenvalue weighted by Crippen LogP contribution is -2.40. The summed E-state index contributed by atoms with van der Waals surface area (Å²) in [6, 6.07) is 10.4. The Labute approximate surface area is 221 Å². The second kappa shape index (κ2) is 9.52. The minimum Gasteiger partial charge on any atom is -0.491 e. The fourth-order valence-corrected chi connectivity index (χ4v) is 6.25. The third-order valence-electron chi connectivity index (χ3n) is 8.42. The van der Waals surface area contributed by atoms with Crippen molar-refractivity contribution in [3.8, 4) is 17.0 Å². The van der Waals surface area contributed by atoms with E-state index in [4.69, 9.17) is 24.3 Å². The molecule has 2 aromatic heterocycles. The van der Waals surface area contributed by atoms with E-state index in [2.05, 4.69) is 27.0 Å². The molecule has 1 N–H and O–H groups in total. The molecule has 3 fully saturated rings. The van der Waals surface area contributed by atoms with E-state index in [9.17, 15) is 4.79 Å². The topological polar surface area (TPSA) is 97.3 Å². The molecule has 3 unspecified atom stereocenters. The van der Waals surface area contributed by atoms with E-state index in [-0.39, 0.29) is 23.8 Å². The van der Waals surface area contributed by atoms with Crippen molar-refractivity contribution in [1.29, 1.82) is 0 Å². The largest absolute Gasteiger partial charge is 0.491 e. The monoisotopic (exact) mass is 518 g/mol. The summed E-state index contributed by atoms with van der Waals surface area (Å²) < 4.78 is 19.5. The molecule has 6 heterocycles. The zero-order valence-corrected chi connectivity index (χ0v) is 21.8. The summed E-state index contributed by atoms with van der Waals surface area (Å²) in [5.41, 5.74) is 4.06. The highest BCUT2D eigenvalue weighted by molar-refractivity contribution is 5.84. The van der Waals surface area contributed by atoms with Crippen molar-refractivity contribution in [3.63, 3.8) is 0 Å². The number of fused-ring (bicyclic) bond motifs is 3. The van der Waals surface area contributed by atoms with Crippen molar-refractivity contribution in [1.82, 2.24) is 29.9 Å². The van der Waals surface area contributed by atoms with Gasteiger partial charge in [0.15, 0.2) is 0 Å². The Balaban J connectivity index is 1.05. The molecule has 7 rings (SSSR count). The maximum Gasteiger partial charge on any atom is 0.317 e. The van der Waals surface area contributed by atoms with Gasteiger partial charge in [-0.25, -0.2) is 4.79 Å². The minimum absolute atomic E-state index is 0.00835. The van der Waals surface area contributed by atoms with Gasteiger partial charge in [-0.3, -0.25) is 14.6 Å². The van der Waals surface area contributed by atoms with Gasteiger partial charge in [0.05, 0.1) is 24.4 Å². The quantitative estimate of drug-likeness (QED) is 0.501. The van der Waals surface area contributed by atoms with Gasteiger partial charge in [-0.2, -0.15) is 5.10 Å². The van der Waals surface area contributed by atoms with Crippen molar-refractivity contribution in [2.24, 2.45) is 0 Å². The highest BCUT2D eigenvalue weighted by Crippen LogP contribution is 2.44. The average Bonchev–Trinajstić information content (AvgIpc) is 3.24. The molecule has 3 saturated heterocycles. The summed E-state index contributed by atoms with van der Waals surface area (Å²) in [6.07, 6.45) is 4.15. The van der Waals surface area contributed by atoms with Crippen molar-refractivity contribution >= 4 is 16.9 Å². The van der Waals surface area contributed by atoms with Gasteiger partial charge in [0.1, 0.15) is 24.7 Å². The molecule has 1 spiro atoms.